The number of thioether (sulfide) groups is 1. The number of nitrogens with zero attached hydrogens (tertiary/aromatic N) is 3. The number of nitrogens with one attached hydrogen (secondary N) is 3. The van der Waals surface area contributed by atoms with Crippen molar-refractivity contribution in [2.75, 3.05) is 5.32 Å². The molecule has 2 atom stereocenters. The van der Waals surface area contributed by atoms with Gasteiger partial charge in [0, 0.05) is 30.2 Å². The van der Waals surface area contributed by atoms with Gasteiger partial charge in [-0.25, -0.2) is 14.4 Å². The first kappa shape index (κ1) is 24.7. The van der Waals surface area contributed by atoms with E-state index in [4.69, 9.17) is 0 Å². The van der Waals surface area contributed by atoms with E-state index in [1.807, 2.05) is 12.1 Å². The summed E-state index contributed by atoms with van der Waals surface area (Å²) < 4.78 is 13.4. The number of benzene rings is 1. The van der Waals surface area contributed by atoms with Crippen LogP contribution in [0.4, 0.5) is 15.1 Å². The van der Waals surface area contributed by atoms with Crippen LogP contribution >= 0.6 is 11.8 Å². The van der Waals surface area contributed by atoms with E-state index in [1.165, 1.54) is 12.1 Å². The molecule has 3 N–H and O–H groups in total. The second kappa shape index (κ2) is 11.4. The van der Waals surface area contributed by atoms with Crippen LogP contribution in [-0.4, -0.2) is 38.2 Å². The summed E-state index contributed by atoms with van der Waals surface area (Å²) in [6.07, 6.45) is 6.03. The molecule has 0 saturated carbocycles. The predicted molar refractivity (Wildman–Crippen MR) is 136 cm³/mol. The first-order valence-corrected chi connectivity index (χ1v) is 12.3. The van der Waals surface area contributed by atoms with Crippen LogP contribution in [0.25, 0.3) is 17.0 Å². The fourth-order valence-corrected chi connectivity index (χ4v) is 4.43. The Morgan fingerprint density at radius 1 is 1.14 bits per heavy atom. The summed E-state index contributed by atoms with van der Waals surface area (Å²) in [7, 11) is 0. The van der Waals surface area contributed by atoms with Gasteiger partial charge in [0.1, 0.15) is 5.82 Å². The zero-order chi connectivity index (χ0) is 24.8. The maximum Gasteiger partial charge on any atom is 0.290 e. The zero-order valence-corrected chi connectivity index (χ0v) is 20.4. The second-order valence-electron chi connectivity index (χ2n) is 8.41. The number of aromatic nitrogens is 3. The van der Waals surface area contributed by atoms with Gasteiger partial charge in [-0.1, -0.05) is 13.0 Å². The van der Waals surface area contributed by atoms with Crippen molar-refractivity contribution in [2.45, 2.75) is 51.7 Å². The minimum atomic E-state index is -0.410. The minimum Gasteiger partial charge on any atom is -0.352 e. The Morgan fingerprint density at radius 2 is 2.00 bits per heavy atom. The van der Waals surface area contributed by atoms with Gasteiger partial charge >= 0.3 is 0 Å². The van der Waals surface area contributed by atoms with Crippen LogP contribution in [0.5, 0.6) is 0 Å². The normalized spacial score (nSPS) is 16.5. The molecule has 0 radical (unpaired) electrons. The highest BCUT2D eigenvalue weighted by molar-refractivity contribution is 8.18. The molecule has 2 amide bonds. The maximum atomic E-state index is 13.4. The number of hydrogen-bond donors (Lipinski definition) is 3. The summed E-state index contributed by atoms with van der Waals surface area (Å²) in [4.78, 5) is 36.7. The van der Waals surface area contributed by atoms with Gasteiger partial charge in [0.25, 0.3) is 11.1 Å². The molecule has 1 aliphatic heterocycles. The third-order valence-electron chi connectivity index (χ3n) is 5.70. The van der Waals surface area contributed by atoms with Crippen molar-refractivity contribution in [3.05, 3.63) is 64.7 Å². The van der Waals surface area contributed by atoms with Gasteiger partial charge in [0.2, 0.25) is 5.95 Å². The van der Waals surface area contributed by atoms with E-state index in [-0.39, 0.29) is 17.1 Å². The Bertz CT molecular complexity index is 1270. The molecular weight excluding hydrogens is 467 g/mol. The first-order valence-electron chi connectivity index (χ1n) is 11.5. The molecule has 10 heteroatoms. The number of carbonyl (C=O) groups is 2. The van der Waals surface area contributed by atoms with Gasteiger partial charge in [0.15, 0.2) is 0 Å². The summed E-state index contributed by atoms with van der Waals surface area (Å²) in [5.74, 6) is -0.198. The van der Waals surface area contributed by atoms with E-state index in [1.54, 1.807) is 24.4 Å². The van der Waals surface area contributed by atoms with Gasteiger partial charge in [-0.15, -0.1) is 0 Å². The number of imide groups is 1. The fraction of sp³-hybridized carbons (Fsp3) is 0.320. The molecule has 3 aromatic rings. The molecule has 2 aromatic heterocycles. The Kier molecular flexibility index (Phi) is 8.04. The lowest BCUT2D eigenvalue weighted by molar-refractivity contribution is -0.115. The monoisotopic (exact) mass is 494 g/mol. The van der Waals surface area contributed by atoms with E-state index in [9.17, 15) is 14.0 Å². The molecular formula is C25H27FN6O2S. The zero-order valence-electron chi connectivity index (χ0n) is 19.5. The third kappa shape index (κ3) is 6.83. The lowest BCUT2D eigenvalue weighted by atomic mass is 10.0. The highest BCUT2D eigenvalue weighted by Gasteiger charge is 2.25. The average Bonchev–Trinajstić information content (AvgIpc) is 3.15. The van der Waals surface area contributed by atoms with Crippen molar-refractivity contribution in [1.82, 2.24) is 25.6 Å². The van der Waals surface area contributed by atoms with Crippen molar-refractivity contribution in [1.29, 1.82) is 0 Å². The maximum absolute atomic E-state index is 13.4. The number of halogens is 1. The highest BCUT2D eigenvalue weighted by Crippen LogP contribution is 2.25. The molecule has 4 rings (SSSR count). The largest absolute Gasteiger partial charge is 0.352 e. The van der Waals surface area contributed by atoms with Crippen molar-refractivity contribution in [3.8, 4) is 0 Å². The summed E-state index contributed by atoms with van der Waals surface area (Å²) in [5, 5.41) is 9.52. The number of pyridine rings is 1. The van der Waals surface area contributed by atoms with E-state index < -0.39 is 5.91 Å². The molecule has 0 aliphatic carbocycles. The summed E-state index contributed by atoms with van der Waals surface area (Å²) >= 11 is 0.860. The SMILES string of the molecule is CC[C@H](CC[C@@H](C)Nc1nccc(/C=C2\SC(=O)NC2=O)n1)NCc1ccc2cc(F)ccc2n1. The first-order chi connectivity index (χ1) is 16.9. The molecule has 35 heavy (non-hydrogen) atoms. The average molecular weight is 495 g/mol. The van der Waals surface area contributed by atoms with Gasteiger partial charge in [-0.2, -0.15) is 0 Å². The lowest BCUT2D eigenvalue weighted by Crippen LogP contribution is -2.30. The topological polar surface area (TPSA) is 109 Å². The summed E-state index contributed by atoms with van der Waals surface area (Å²) in [6, 6.07) is 10.6. The molecule has 0 spiro atoms. The quantitative estimate of drug-likeness (QED) is 0.350. The van der Waals surface area contributed by atoms with Crippen LogP contribution in [0, 0.1) is 5.82 Å². The fourth-order valence-electron chi connectivity index (χ4n) is 3.76. The molecule has 1 aliphatic rings. The van der Waals surface area contributed by atoms with Crippen LogP contribution in [0.1, 0.15) is 44.5 Å². The second-order valence-corrected chi connectivity index (χ2v) is 9.42. The van der Waals surface area contributed by atoms with Crippen molar-refractivity contribution in [2.24, 2.45) is 0 Å². The number of hydrogen-bond acceptors (Lipinski definition) is 8. The summed E-state index contributed by atoms with van der Waals surface area (Å²) in [5.41, 5.74) is 2.26. The molecule has 8 nitrogen and oxygen atoms in total. The Hall–Kier alpha value is -3.37. The van der Waals surface area contributed by atoms with Crippen molar-refractivity contribution in [3.63, 3.8) is 0 Å². The molecule has 1 fully saturated rings. The predicted octanol–water partition coefficient (Wildman–Crippen LogP) is 4.64. The number of amides is 2. The highest BCUT2D eigenvalue weighted by atomic mass is 32.2. The van der Waals surface area contributed by atoms with Crippen LogP contribution in [0.15, 0.2) is 47.5 Å². The van der Waals surface area contributed by atoms with Crippen LogP contribution in [0.3, 0.4) is 0 Å². The van der Waals surface area contributed by atoms with Crippen molar-refractivity contribution < 1.29 is 14.0 Å². The van der Waals surface area contributed by atoms with Crippen LogP contribution in [0.2, 0.25) is 0 Å². The van der Waals surface area contributed by atoms with Gasteiger partial charge < -0.3 is 10.6 Å². The number of rotatable bonds is 10. The molecule has 182 valence electrons. The van der Waals surface area contributed by atoms with Crippen LogP contribution < -0.4 is 16.0 Å². The standard InChI is InChI=1S/C25H27FN6O2S/c1-3-18(28-14-20-8-5-16-12-17(26)6-9-21(16)30-20)7-4-15(2)29-24-27-11-10-19(31-24)13-22-23(33)32-25(34)35-22/h5-6,8-13,15,18,28H,3-4,7,14H2,1-2H3,(H,27,29,31)(H,32,33,34)/b22-13-/t15-,18-/m1/s1. The molecule has 1 saturated heterocycles. The van der Waals surface area contributed by atoms with Crippen molar-refractivity contribution >= 4 is 45.8 Å². The molecule has 3 heterocycles. The van der Waals surface area contributed by atoms with Crippen LogP contribution in [-0.2, 0) is 11.3 Å². The Labute approximate surface area is 207 Å². The van der Waals surface area contributed by atoms with Gasteiger partial charge in [0.05, 0.1) is 21.8 Å². The van der Waals surface area contributed by atoms with E-state index in [0.29, 0.717) is 29.1 Å². The number of fused-ring (bicyclic) bond motifs is 1. The van der Waals surface area contributed by atoms with E-state index >= 15 is 0 Å². The summed E-state index contributed by atoms with van der Waals surface area (Å²) in [6.45, 7) is 4.86. The van der Waals surface area contributed by atoms with E-state index in [0.717, 1.165) is 47.6 Å². The van der Waals surface area contributed by atoms with Gasteiger partial charge in [-0.05, 0) is 74.4 Å². The molecule has 0 unspecified atom stereocenters. The number of anilines is 1. The molecule has 0 bridgehead atoms. The number of carbonyl (C=O) groups excluding carboxylic acids is 2. The van der Waals surface area contributed by atoms with Gasteiger partial charge in [-0.3, -0.25) is 19.9 Å². The minimum absolute atomic E-state index is 0.133. The van der Waals surface area contributed by atoms with E-state index in [2.05, 4.69) is 44.7 Å². The lowest BCUT2D eigenvalue weighted by Gasteiger charge is -2.20. The Morgan fingerprint density at radius 3 is 2.77 bits per heavy atom. The molecule has 1 aromatic carbocycles. The Balaban J connectivity index is 1.28. The third-order valence-corrected chi connectivity index (χ3v) is 6.51. The smallest absolute Gasteiger partial charge is 0.290 e.